The molecule has 1 amide bonds. The number of nitrogens with zero attached hydrogens (tertiary/aromatic N) is 1. The molecular formula is C10H15N2O2S2. The molecule has 1 aromatic rings. The van der Waals surface area contributed by atoms with E-state index in [9.17, 15) is 4.79 Å². The number of ether oxygens (including phenoxy) is 1. The van der Waals surface area contributed by atoms with Crippen LogP contribution in [0.1, 0.15) is 20.8 Å². The minimum atomic E-state index is -0.441. The standard InChI is InChI=1S/C10H15N2O2S2/c1-10(2,3)14-9(13)12-4-5-15-8-6-11-7-16-8/h6H,4-5H2,1-3H3,(H,12,13). The van der Waals surface area contributed by atoms with Crippen LogP contribution in [0, 0.1) is 5.51 Å². The van der Waals surface area contributed by atoms with Crippen LogP contribution in [-0.4, -0.2) is 29.0 Å². The first-order chi connectivity index (χ1) is 7.47. The van der Waals surface area contributed by atoms with Gasteiger partial charge in [0, 0.05) is 12.3 Å². The van der Waals surface area contributed by atoms with Crippen molar-refractivity contribution in [2.45, 2.75) is 30.6 Å². The Balaban J connectivity index is 2.09. The number of thiazole rings is 1. The Kier molecular flexibility index (Phi) is 5.08. The molecule has 0 saturated carbocycles. The fourth-order valence-electron chi connectivity index (χ4n) is 0.862. The summed E-state index contributed by atoms with van der Waals surface area (Å²) in [6.07, 6.45) is 1.40. The van der Waals surface area contributed by atoms with Crippen LogP contribution in [-0.2, 0) is 4.74 Å². The average Bonchev–Trinajstić information content (AvgIpc) is 2.62. The third kappa shape index (κ3) is 5.97. The van der Waals surface area contributed by atoms with Crippen molar-refractivity contribution in [1.29, 1.82) is 0 Å². The quantitative estimate of drug-likeness (QED) is 0.667. The first-order valence-corrected chi connectivity index (χ1v) is 6.69. The Morgan fingerprint density at radius 2 is 2.44 bits per heavy atom. The van der Waals surface area contributed by atoms with E-state index < -0.39 is 5.60 Å². The predicted octanol–water partition coefficient (Wildman–Crippen LogP) is 2.56. The van der Waals surface area contributed by atoms with Crippen molar-refractivity contribution < 1.29 is 9.53 Å². The van der Waals surface area contributed by atoms with Crippen molar-refractivity contribution in [2.75, 3.05) is 12.3 Å². The predicted molar refractivity (Wildman–Crippen MR) is 65.9 cm³/mol. The van der Waals surface area contributed by atoms with Crippen molar-refractivity contribution in [2.24, 2.45) is 0 Å². The van der Waals surface area contributed by atoms with E-state index in [1.807, 2.05) is 20.8 Å². The monoisotopic (exact) mass is 259 g/mol. The van der Waals surface area contributed by atoms with Crippen LogP contribution in [0.15, 0.2) is 10.4 Å². The highest BCUT2D eigenvalue weighted by molar-refractivity contribution is 8.01. The highest BCUT2D eigenvalue weighted by Crippen LogP contribution is 2.20. The van der Waals surface area contributed by atoms with E-state index in [4.69, 9.17) is 4.74 Å². The van der Waals surface area contributed by atoms with Gasteiger partial charge in [0.05, 0.1) is 10.4 Å². The van der Waals surface area contributed by atoms with Crippen molar-refractivity contribution in [3.05, 3.63) is 11.7 Å². The second-order valence-corrected chi connectivity index (χ2v) is 6.27. The Labute approximate surface area is 104 Å². The van der Waals surface area contributed by atoms with Gasteiger partial charge in [-0.25, -0.2) is 9.78 Å². The van der Waals surface area contributed by atoms with Gasteiger partial charge in [-0.1, -0.05) is 0 Å². The molecule has 0 aliphatic heterocycles. The molecule has 1 N–H and O–H groups in total. The van der Waals surface area contributed by atoms with Crippen LogP contribution >= 0.6 is 23.1 Å². The minimum Gasteiger partial charge on any atom is -0.444 e. The van der Waals surface area contributed by atoms with Gasteiger partial charge >= 0.3 is 6.09 Å². The third-order valence-electron chi connectivity index (χ3n) is 1.38. The highest BCUT2D eigenvalue weighted by Gasteiger charge is 2.15. The molecule has 4 nitrogen and oxygen atoms in total. The number of amides is 1. The van der Waals surface area contributed by atoms with Gasteiger partial charge in [-0.2, -0.15) is 0 Å². The van der Waals surface area contributed by atoms with Gasteiger partial charge in [-0.3, -0.25) is 0 Å². The molecule has 0 aliphatic rings. The maximum absolute atomic E-state index is 11.3. The summed E-state index contributed by atoms with van der Waals surface area (Å²) in [5.74, 6) is 0.801. The Morgan fingerprint density at radius 3 is 3.00 bits per heavy atom. The summed E-state index contributed by atoms with van der Waals surface area (Å²) in [6.45, 7) is 6.11. The molecule has 0 fully saturated rings. The Bertz CT molecular complexity index is 320. The van der Waals surface area contributed by atoms with Crippen molar-refractivity contribution in [1.82, 2.24) is 10.3 Å². The molecule has 0 unspecified atom stereocenters. The molecule has 1 rings (SSSR count). The largest absolute Gasteiger partial charge is 0.444 e. The molecule has 16 heavy (non-hydrogen) atoms. The smallest absolute Gasteiger partial charge is 0.407 e. The number of hydrogen-bond donors (Lipinski definition) is 1. The molecule has 89 valence electrons. The van der Waals surface area contributed by atoms with Crippen LogP contribution in [0.25, 0.3) is 0 Å². The first kappa shape index (κ1) is 13.3. The molecule has 6 heteroatoms. The summed E-state index contributed by atoms with van der Waals surface area (Å²) in [4.78, 5) is 15.1. The minimum absolute atomic E-state index is 0.371. The topological polar surface area (TPSA) is 51.2 Å². The lowest BCUT2D eigenvalue weighted by molar-refractivity contribution is 0.0531. The van der Waals surface area contributed by atoms with Gasteiger partial charge in [-0.05, 0) is 20.8 Å². The van der Waals surface area contributed by atoms with E-state index in [0.29, 0.717) is 6.54 Å². The van der Waals surface area contributed by atoms with E-state index >= 15 is 0 Å². The Morgan fingerprint density at radius 1 is 1.69 bits per heavy atom. The first-order valence-electron chi connectivity index (χ1n) is 4.89. The number of rotatable bonds is 4. The number of carbonyl (C=O) groups excluding carboxylic acids is 1. The number of hydrogen-bond acceptors (Lipinski definition) is 5. The lowest BCUT2D eigenvalue weighted by Crippen LogP contribution is -2.33. The van der Waals surface area contributed by atoms with Crippen LogP contribution in [0.4, 0.5) is 4.79 Å². The molecular weight excluding hydrogens is 244 g/mol. The van der Waals surface area contributed by atoms with E-state index in [1.54, 1.807) is 18.0 Å². The maximum atomic E-state index is 11.3. The van der Waals surface area contributed by atoms with Gasteiger partial charge in [0.2, 0.25) is 0 Å². The molecule has 0 atom stereocenters. The molecule has 0 saturated heterocycles. The zero-order valence-electron chi connectivity index (χ0n) is 9.57. The summed E-state index contributed by atoms with van der Waals surface area (Å²) in [5.41, 5.74) is 2.33. The van der Waals surface area contributed by atoms with E-state index in [2.05, 4.69) is 15.8 Å². The molecule has 0 aromatic carbocycles. The summed E-state index contributed by atoms with van der Waals surface area (Å²) >= 11 is 3.12. The number of thioether (sulfide) groups is 1. The number of nitrogens with one attached hydrogen (secondary N) is 1. The van der Waals surface area contributed by atoms with Crippen LogP contribution in [0.5, 0.6) is 0 Å². The lowest BCUT2D eigenvalue weighted by Gasteiger charge is -2.19. The van der Waals surface area contributed by atoms with Gasteiger partial charge in [0.1, 0.15) is 5.60 Å². The van der Waals surface area contributed by atoms with E-state index in [1.165, 1.54) is 11.3 Å². The zero-order valence-corrected chi connectivity index (χ0v) is 11.2. The third-order valence-corrected chi connectivity index (χ3v) is 3.29. The number of carbonyl (C=O) groups is 1. The second-order valence-electron chi connectivity index (χ2n) is 4.05. The molecule has 1 heterocycles. The fourth-order valence-corrected chi connectivity index (χ4v) is 2.29. The van der Waals surface area contributed by atoms with E-state index in [-0.39, 0.29) is 6.09 Å². The second kappa shape index (κ2) is 6.10. The average molecular weight is 259 g/mol. The van der Waals surface area contributed by atoms with Crippen LogP contribution in [0.2, 0.25) is 0 Å². The number of alkyl carbamates (subject to hydrolysis) is 1. The summed E-state index contributed by atoms with van der Waals surface area (Å²) < 4.78 is 6.20. The summed E-state index contributed by atoms with van der Waals surface area (Å²) in [5, 5.41) is 2.69. The molecule has 1 radical (unpaired) electrons. The molecule has 0 aliphatic carbocycles. The van der Waals surface area contributed by atoms with Gasteiger partial charge in [0.25, 0.3) is 0 Å². The molecule has 0 bridgehead atoms. The van der Waals surface area contributed by atoms with Crippen LogP contribution in [0.3, 0.4) is 0 Å². The lowest BCUT2D eigenvalue weighted by atomic mass is 10.2. The van der Waals surface area contributed by atoms with Crippen molar-refractivity contribution >= 4 is 29.2 Å². The highest BCUT2D eigenvalue weighted by atomic mass is 32.2. The normalized spacial score (nSPS) is 11.2. The van der Waals surface area contributed by atoms with Gasteiger partial charge in [-0.15, -0.1) is 23.1 Å². The Hall–Kier alpha value is -0.750. The van der Waals surface area contributed by atoms with Crippen molar-refractivity contribution in [3.8, 4) is 0 Å². The van der Waals surface area contributed by atoms with E-state index in [0.717, 1.165) is 9.96 Å². The van der Waals surface area contributed by atoms with Gasteiger partial charge in [0.15, 0.2) is 5.51 Å². The SMILES string of the molecule is CC(C)(C)OC(=O)NCCSc1cn[c]s1. The summed E-state index contributed by atoms with van der Waals surface area (Å²) in [7, 11) is 0. The van der Waals surface area contributed by atoms with Crippen LogP contribution < -0.4 is 5.32 Å². The molecule has 0 spiro atoms. The van der Waals surface area contributed by atoms with Crippen molar-refractivity contribution in [3.63, 3.8) is 0 Å². The fraction of sp³-hybridized carbons (Fsp3) is 0.600. The maximum Gasteiger partial charge on any atom is 0.407 e. The molecule has 1 aromatic heterocycles. The summed E-state index contributed by atoms with van der Waals surface area (Å²) in [6, 6.07) is 0. The van der Waals surface area contributed by atoms with Gasteiger partial charge < -0.3 is 10.1 Å². The zero-order chi connectivity index (χ0) is 12.0. The number of aromatic nitrogens is 1.